The van der Waals surface area contributed by atoms with Crippen molar-refractivity contribution >= 4 is 27.3 Å². The van der Waals surface area contributed by atoms with Crippen molar-refractivity contribution in [3.8, 4) is 22.8 Å². The van der Waals surface area contributed by atoms with Gasteiger partial charge in [0, 0.05) is 24.3 Å². The summed E-state index contributed by atoms with van der Waals surface area (Å²) in [6.07, 6.45) is 0. The second-order valence-electron chi connectivity index (χ2n) is 8.55. The molecule has 0 amide bonds. The fourth-order valence-corrected chi connectivity index (χ4v) is 5.21. The van der Waals surface area contributed by atoms with E-state index in [1.807, 2.05) is 36.4 Å². The van der Waals surface area contributed by atoms with Gasteiger partial charge in [-0.05, 0) is 67.7 Å². The summed E-state index contributed by atoms with van der Waals surface area (Å²) in [7, 11) is -3.58. The van der Waals surface area contributed by atoms with E-state index in [1.54, 1.807) is 28.8 Å². The lowest BCUT2D eigenvalue weighted by Crippen LogP contribution is -2.34. The molecule has 0 unspecified atom stereocenters. The summed E-state index contributed by atoms with van der Waals surface area (Å²) in [4.78, 5) is 6.95. The van der Waals surface area contributed by atoms with Crippen molar-refractivity contribution in [2.75, 3.05) is 44.7 Å². The maximum atomic E-state index is 12.6. The molecule has 11 heteroatoms. The zero-order valence-electron chi connectivity index (χ0n) is 20.8. The first-order chi connectivity index (χ1) is 18.0. The van der Waals surface area contributed by atoms with E-state index in [4.69, 9.17) is 9.47 Å². The van der Waals surface area contributed by atoms with Crippen molar-refractivity contribution in [2.45, 2.75) is 18.7 Å². The molecule has 0 atom stereocenters. The molecule has 0 radical (unpaired) electrons. The van der Waals surface area contributed by atoms with Crippen LogP contribution in [0.15, 0.2) is 65.6 Å². The van der Waals surface area contributed by atoms with Gasteiger partial charge < -0.3 is 19.7 Å². The average Bonchev–Trinajstić information content (AvgIpc) is 3.33. The van der Waals surface area contributed by atoms with Gasteiger partial charge in [-0.25, -0.2) is 17.7 Å². The molecule has 1 aliphatic heterocycles. The van der Waals surface area contributed by atoms with E-state index >= 15 is 0 Å². The smallest absolute Gasteiger partial charge is 0.247 e. The Bertz CT molecular complexity index is 1480. The number of nitrogens with zero attached hydrogens (tertiary/aromatic N) is 4. The Morgan fingerprint density at radius 3 is 2.49 bits per heavy atom. The van der Waals surface area contributed by atoms with E-state index in [0.717, 1.165) is 30.1 Å². The number of pyridine rings is 1. The number of benzene rings is 2. The third-order valence-electron chi connectivity index (χ3n) is 6.23. The lowest BCUT2D eigenvalue weighted by atomic mass is 10.1. The van der Waals surface area contributed by atoms with Crippen LogP contribution < -0.4 is 19.5 Å². The normalized spacial score (nSPS) is 13.3. The minimum atomic E-state index is -3.58. The van der Waals surface area contributed by atoms with Crippen LogP contribution >= 0.6 is 0 Å². The molecule has 1 aliphatic rings. The first-order valence-corrected chi connectivity index (χ1v) is 13.8. The molecular formula is C26H30N6O4S. The van der Waals surface area contributed by atoms with Crippen molar-refractivity contribution in [3.05, 3.63) is 60.7 Å². The van der Waals surface area contributed by atoms with Gasteiger partial charge in [-0.15, -0.1) is 5.10 Å². The van der Waals surface area contributed by atoms with Gasteiger partial charge in [0.05, 0.1) is 10.6 Å². The molecule has 4 aromatic rings. The van der Waals surface area contributed by atoms with Crippen LogP contribution in [0.25, 0.3) is 16.9 Å². The Morgan fingerprint density at radius 2 is 1.73 bits per heavy atom. The number of anilines is 2. The number of hydrogen-bond acceptors (Lipinski definition) is 8. The maximum absolute atomic E-state index is 12.6. The molecule has 194 valence electrons. The van der Waals surface area contributed by atoms with Crippen molar-refractivity contribution < 1.29 is 17.9 Å². The first kappa shape index (κ1) is 25.0. The predicted molar refractivity (Wildman–Crippen MR) is 142 cm³/mol. The summed E-state index contributed by atoms with van der Waals surface area (Å²) < 4.78 is 41.1. The predicted octanol–water partition coefficient (Wildman–Crippen LogP) is 3.53. The molecule has 37 heavy (non-hydrogen) atoms. The molecular weight excluding hydrogens is 492 g/mol. The topological polar surface area (TPSA) is 110 Å². The quantitative estimate of drug-likeness (QED) is 0.326. The van der Waals surface area contributed by atoms with Gasteiger partial charge in [0.1, 0.15) is 13.2 Å². The van der Waals surface area contributed by atoms with Gasteiger partial charge in [0.15, 0.2) is 17.1 Å². The maximum Gasteiger partial charge on any atom is 0.247 e. The highest BCUT2D eigenvalue weighted by Crippen LogP contribution is 2.34. The van der Waals surface area contributed by atoms with Crippen molar-refractivity contribution in [3.63, 3.8) is 0 Å². The number of rotatable bonds is 10. The number of fused-ring (bicyclic) bond motifs is 2. The zero-order valence-corrected chi connectivity index (χ0v) is 21.7. The SMILES string of the molecule is CCN(CC)CCNS(=O)(=O)c1ccc(Nc2nc3cccc(-c4ccc5c(c4)OCCO5)n3n2)cc1. The van der Waals surface area contributed by atoms with Crippen LogP contribution in [0.4, 0.5) is 11.6 Å². The monoisotopic (exact) mass is 522 g/mol. The summed E-state index contributed by atoms with van der Waals surface area (Å²) in [6, 6.07) is 18.1. The highest BCUT2D eigenvalue weighted by molar-refractivity contribution is 7.89. The Balaban J connectivity index is 1.31. The molecule has 0 spiro atoms. The van der Waals surface area contributed by atoms with Crippen LogP contribution in [0.5, 0.6) is 11.5 Å². The Labute approximate surface area is 216 Å². The van der Waals surface area contributed by atoms with Crippen LogP contribution in [0.3, 0.4) is 0 Å². The van der Waals surface area contributed by atoms with E-state index in [2.05, 4.69) is 38.9 Å². The standard InChI is InChI=1S/C26H30N6O4S/c1-3-31(4-2)15-14-27-37(33,34)21-11-9-20(10-12-21)28-26-29-25-7-5-6-22(32(25)30-26)19-8-13-23-24(18-19)36-17-16-35-23/h5-13,18,27H,3-4,14-17H2,1-2H3,(H,28,30). The van der Waals surface area contributed by atoms with Gasteiger partial charge in [-0.1, -0.05) is 19.9 Å². The van der Waals surface area contributed by atoms with E-state index in [9.17, 15) is 8.42 Å². The average molecular weight is 523 g/mol. The fourth-order valence-electron chi connectivity index (χ4n) is 4.19. The number of sulfonamides is 1. The fraction of sp³-hybridized carbons (Fsp3) is 0.308. The minimum Gasteiger partial charge on any atom is -0.486 e. The van der Waals surface area contributed by atoms with Gasteiger partial charge in [0.2, 0.25) is 16.0 Å². The highest BCUT2D eigenvalue weighted by atomic mass is 32.2. The lowest BCUT2D eigenvalue weighted by Gasteiger charge is -2.19. The van der Waals surface area contributed by atoms with Crippen molar-refractivity contribution in [2.24, 2.45) is 0 Å². The van der Waals surface area contributed by atoms with Crippen molar-refractivity contribution in [1.29, 1.82) is 0 Å². The van der Waals surface area contributed by atoms with Crippen LogP contribution in [-0.4, -0.2) is 67.3 Å². The Morgan fingerprint density at radius 1 is 0.973 bits per heavy atom. The summed E-state index contributed by atoms with van der Waals surface area (Å²) in [6.45, 7) is 7.97. The molecule has 5 rings (SSSR count). The molecule has 0 saturated carbocycles. The van der Waals surface area contributed by atoms with E-state index in [1.165, 1.54) is 0 Å². The molecule has 3 heterocycles. The second-order valence-corrected chi connectivity index (χ2v) is 10.3. The largest absolute Gasteiger partial charge is 0.486 e. The molecule has 0 aliphatic carbocycles. The molecule has 10 nitrogen and oxygen atoms in total. The third-order valence-corrected chi connectivity index (χ3v) is 7.71. The van der Waals surface area contributed by atoms with E-state index in [0.29, 0.717) is 49.3 Å². The van der Waals surface area contributed by atoms with E-state index < -0.39 is 10.0 Å². The highest BCUT2D eigenvalue weighted by Gasteiger charge is 2.16. The summed E-state index contributed by atoms with van der Waals surface area (Å²) >= 11 is 0. The Hall–Kier alpha value is -3.67. The zero-order chi connectivity index (χ0) is 25.8. The van der Waals surface area contributed by atoms with Gasteiger partial charge in [-0.3, -0.25) is 0 Å². The lowest BCUT2D eigenvalue weighted by molar-refractivity contribution is 0.171. The van der Waals surface area contributed by atoms with Crippen LogP contribution in [-0.2, 0) is 10.0 Å². The summed E-state index contributed by atoms with van der Waals surface area (Å²) in [5, 5.41) is 7.79. The third kappa shape index (κ3) is 5.53. The molecule has 2 aromatic heterocycles. The second kappa shape index (κ2) is 10.8. The van der Waals surface area contributed by atoms with E-state index in [-0.39, 0.29) is 4.90 Å². The van der Waals surface area contributed by atoms with Gasteiger partial charge >= 0.3 is 0 Å². The van der Waals surface area contributed by atoms with Crippen LogP contribution in [0, 0.1) is 0 Å². The minimum absolute atomic E-state index is 0.210. The molecule has 0 fully saturated rings. The van der Waals surface area contributed by atoms with Gasteiger partial charge in [-0.2, -0.15) is 4.98 Å². The van der Waals surface area contributed by atoms with Crippen LogP contribution in [0.2, 0.25) is 0 Å². The summed E-state index contributed by atoms with van der Waals surface area (Å²) in [5.74, 6) is 1.84. The number of aromatic nitrogens is 3. The number of likely N-dealkylation sites (N-methyl/N-ethyl adjacent to an activating group) is 1. The summed E-state index contributed by atoms with van der Waals surface area (Å²) in [5.41, 5.74) is 3.13. The Kier molecular flexibility index (Phi) is 7.26. The molecule has 0 bridgehead atoms. The number of hydrogen-bond donors (Lipinski definition) is 2. The number of nitrogens with one attached hydrogen (secondary N) is 2. The van der Waals surface area contributed by atoms with Crippen molar-refractivity contribution in [1.82, 2.24) is 24.2 Å². The molecule has 2 aromatic carbocycles. The molecule has 0 saturated heterocycles. The molecule has 2 N–H and O–H groups in total. The van der Waals surface area contributed by atoms with Crippen LogP contribution in [0.1, 0.15) is 13.8 Å². The number of ether oxygens (including phenoxy) is 2. The first-order valence-electron chi connectivity index (χ1n) is 12.3. The van der Waals surface area contributed by atoms with Gasteiger partial charge in [0.25, 0.3) is 0 Å².